The second kappa shape index (κ2) is 8.56. The second-order valence-corrected chi connectivity index (χ2v) is 7.36. The summed E-state index contributed by atoms with van der Waals surface area (Å²) < 4.78 is 10.9. The Labute approximate surface area is 158 Å². The van der Waals surface area contributed by atoms with Crippen LogP contribution in [0.3, 0.4) is 0 Å². The topological polar surface area (TPSA) is 94.2 Å². The zero-order valence-corrected chi connectivity index (χ0v) is 15.4. The number of carbonyl (C=O) groups is 1. The van der Waals surface area contributed by atoms with Crippen LogP contribution < -0.4 is 0 Å². The molecule has 144 valence electrons. The molecule has 0 aliphatic carbocycles. The van der Waals surface area contributed by atoms with E-state index in [4.69, 9.17) is 9.26 Å². The Bertz CT molecular complexity index is 745. The lowest BCUT2D eigenvalue weighted by atomic mass is 9.93. The maximum Gasteiger partial charge on any atom is 0.256 e. The summed E-state index contributed by atoms with van der Waals surface area (Å²) in [4.78, 5) is 27.0. The minimum Gasteiger partial charge on any atom is -0.381 e. The van der Waals surface area contributed by atoms with Crippen molar-refractivity contribution in [2.24, 2.45) is 5.92 Å². The van der Waals surface area contributed by atoms with E-state index in [1.165, 1.54) is 6.33 Å². The third-order valence-corrected chi connectivity index (χ3v) is 5.44. The number of nitrogens with zero attached hydrogens (tertiary/aromatic N) is 5. The summed E-state index contributed by atoms with van der Waals surface area (Å²) in [5.74, 6) is 2.32. The zero-order chi connectivity index (χ0) is 18.5. The SMILES string of the molecule is O=C(c1cncnc1)N1CCCC(CCc2noc(C3CCOCC3)n2)C1. The molecular formula is C19H25N5O3. The molecule has 1 atom stereocenters. The first-order valence-corrected chi connectivity index (χ1v) is 9.74. The van der Waals surface area contributed by atoms with E-state index in [0.717, 1.165) is 76.5 Å². The number of aromatic nitrogens is 4. The zero-order valence-electron chi connectivity index (χ0n) is 15.4. The molecule has 2 aliphatic heterocycles. The number of amides is 1. The van der Waals surface area contributed by atoms with Crippen molar-refractivity contribution in [1.29, 1.82) is 0 Å². The van der Waals surface area contributed by atoms with E-state index in [1.54, 1.807) is 12.4 Å². The molecule has 0 radical (unpaired) electrons. The largest absolute Gasteiger partial charge is 0.381 e. The number of aryl methyl sites for hydroxylation is 1. The van der Waals surface area contributed by atoms with E-state index in [1.807, 2.05) is 4.90 Å². The van der Waals surface area contributed by atoms with Crippen LogP contribution in [0, 0.1) is 5.92 Å². The summed E-state index contributed by atoms with van der Waals surface area (Å²) in [6.45, 7) is 3.08. The van der Waals surface area contributed by atoms with Crippen molar-refractivity contribution in [3.8, 4) is 0 Å². The van der Waals surface area contributed by atoms with Crippen LogP contribution in [0.15, 0.2) is 23.2 Å². The van der Waals surface area contributed by atoms with Crippen molar-refractivity contribution >= 4 is 5.91 Å². The van der Waals surface area contributed by atoms with Crippen LogP contribution in [0.5, 0.6) is 0 Å². The first-order valence-electron chi connectivity index (χ1n) is 9.74. The number of hydrogen-bond acceptors (Lipinski definition) is 7. The van der Waals surface area contributed by atoms with E-state index in [9.17, 15) is 4.79 Å². The van der Waals surface area contributed by atoms with Crippen molar-refractivity contribution in [3.63, 3.8) is 0 Å². The van der Waals surface area contributed by atoms with Gasteiger partial charge in [0, 0.05) is 51.0 Å². The van der Waals surface area contributed by atoms with E-state index in [2.05, 4.69) is 20.1 Å². The molecule has 2 fully saturated rings. The number of hydrogen-bond donors (Lipinski definition) is 0. The summed E-state index contributed by atoms with van der Waals surface area (Å²) in [5, 5.41) is 4.15. The third-order valence-electron chi connectivity index (χ3n) is 5.44. The van der Waals surface area contributed by atoms with Gasteiger partial charge < -0.3 is 14.2 Å². The van der Waals surface area contributed by atoms with Crippen molar-refractivity contribution in [3.05, 3.63) is 36.0 Å². The second-order valence-electron chi connectivity index (χ2n) is 7.36. The third kappa shape index (κ3) is 4.50. The van der Waals surface area contributed by atoms with Crippen LogP contribution in [0.1, 0.15) is 60.1 Å². The van der Waals surface area contributed by atoms with Crippen LogP contribution in [-0.4, -0.2) is 57.2 Å². The van der Waals surface area contributed by atoms with E-state index < -0.39 is 0 Å². The highest BCUT2D eigenvalue weighted by molar-refractivity contribution is 5.93. The van der Waals surface area contributed by atoms with Crippen molar-refractivity contribution in [2.45, 2.75) is 44.4 Å². The van der Waals surface area contributed by atoms with Crippen LogP contribution >= 0.6 is 0 Å². The fraction of sp³-hybridized carbons (Fsp3) is 0.632. The average Bonchev–Trinajstić information content (AvgIpc) is 3.22. The standard InChI is InChI=1S/C19H25N5O3/c25-19(16-10-20-13-21-11-16)24-7-1-2-14(12-24)3-4-17-22-18(27-23-17)15-5-8-26-9-6-15/h10-11,13-15H,1-9,12H2. The van der Waals surface area contributed by atoms with Gasteiger partial charge in [0.15, 0.2) is 5.82 Å². The Morgan fingerprint density at radius 1 is 1.19 bits per heavy atom. The molecule has 4 rings (SSSR count). The fourth-order valence-electron chi connectivity index (χ4n) is 3.89. The maximum absolute atomic E-state index is 12.6. The Kier molecular flexibility index (Phi) is 5.72. The molecule has 27 heavy (non-hydrogen) atoms. The van der Waals surface area contributed by atoms with Gasteiger partial charge in [0.25, 0.3) is 5.91 Å². The number of rotatable bonds is 5. The van der Waals surface area contributed by atoms with Crippen LogP contribution in [0.2, 0.25) is 0 Å². The Balaban J connectivity index is 1.29. The molecule has 8 nitrogen and oxygen atoms in total. The molecule has 2 aliphatic rings. The fourth-order valence-corrected chi connectivity index (χ4v) is 3.89. The van der Waals surface area contributed by atoms with Crippen LogP contribution in [-0.2, 0) is 11.2 Å². The lowest BCUT2D eigenvalue weighted by Gasteiger charge is -2.32. The Morgan fingerprint density at radius 3 is 2.81 bits per heavy atom. The lowest BCUT2D eigenvalue weighted by Crippen LogP contribution is -2.40. The van der Waals surface area contributed by atoms with Gasteiger partial charge in [-0.2, -0.15) is 4.98 Å². The summed E-state index contributed by atoms with van der Waals surface area (Å²) in [6, 6.07) is 0. The van der Waals surface area contributed by atoms with Gasteiger partial charge in [-0.25, -0.2) is 9.97 Å². The molecule has 0 spiro atoms. The molecule has 2 aromatic rings. The Morgan fingerprint density at radius 2 is 2.00 bits per heavy atom. The predicted octanol–water partition coefficient (Wildman–Crippen LogP) is 2.24. The van der Waals surface area contributed by atoms with E-state index in [-0.39, 0.29) is 5.91 Å². The molecule has 1 amide bonds. The Hall–Kier alpha value is -2.35. The highest BCUT2D eigenvalue weighted by Crippen LogP contribution is 2.26. The summed E-state index contributed by atoms with van der Waals surface area (Å²) in [7, 11) is 0. The molecule has 0 saturated carbocycles. The number of ether oxygens (including phenoxy) is 1. The molecule has 0 N–H and O–H groups in total. The average molecular weight is 371 g/mol. The van der Waals surface area contributed by atoms with Crippen molar-refractivity contribution in [1.82, 2.24) is 25.0 Å². The molecule has 4 heterocycles. The van der Waals surface area contributed by atoms with E-state index >= 15 is 0 Å². The molecule has 2 saturated heterocycles. The first kappa shape index (κ1) is 18.0. The molecular weight excluding hydrogens is 346 g/mol. The van der Waals surface area contributed by atoms with Crippen molar-refractivity contribution < 1.29 is 14.1 Å². The lowest BCUT2D eigenvalue weighted by molar-refractivity contribution is 0.0667. The van der Waals surface area contributed by atoms with Gasteiger partial charge >= 0.3 is 0 Å². The highest BCUT2D eigenvalue weighted by atomic mass is 16.5. The van der Waals surface area contributed by atoms with Gasteiger partial charge in [0.1, 0.15) is 6.33 Å². The summed E-state index contributed by atoms with van der Waals surface area (Å²) in [6.07, 6.45) is 10.4. The molecule has 8 heteroatoms. The minimum atomic E-state index is 0.0154. The quantitative estimate of drug-likeness (QED) is 0.795. The highest BCUT2D eigenvalue weighted by Gasteiger charge is 2.26. The number of carbonyl (C=O) groups excluding carboxylic acids is 1. The smallest absolute Gasteiger partial charge is 0.256 e. The van der Waals surface area contributed by atoms with Gasteiger partial charge in [0.05, 0.1) is 5.56 Å². The predicted molar refractivity (Wildman–Crippen MR) is 96.1 cm³/mol. The van der Waals surface area contributed by atoms with Crippen LogP contribution in [0.4, 0.5) is 0 Å². The summed E-state index contributed by atoms with van der Waals surface area (Å²) >= 11 is 0. The van der Waals surface area contributed by atoms with Gasteiger partial charge in [0.2, 0.25) is 5.89 Å². The maximum atomic E-state index is 12.6. The molecule has 0 aromatic carbocycles. The van der Waals surface area contributed by atoms with Gasteiger partial charge in [-0.1, -0.05) is 5.16 Å². The van der Waals surface area contributed by atoms with Gasteiger partial charge in [-0.15, -0.1) is 0 Å². The molecule has 2 aromatic heterocycles. The minimum absolute atomic E-state index is 0.0154. The first-order chi connectivity index (χ1) is 13.3. The van der Waals surface area contributed by atoms with Gasteiger partial charge in [-0.05, 0) is 38.0 Å². The normalized spacial score (nSPS) is 21.3. The molecule has 0 bridgehead atoms. The van der Waals surface area contributed by atoms with Crippen molar-refractivity contribution in [2.75, 3.05) is 26.3 Å². The summed E-state index contributed by atoms with van der Waals surface area (Å²) in [5.41, 5.74) is 0.553. The van der Waals surface area contributed by atoms with Crippen LogP contribution in [0.25, 0.3) is 0 Å². The van der Waals surface area contributed by atoms with Gasteiger partial charge in [-0.3, -0.25) is 4.79 Å². The monoisotopic (exact) mass is 371 g/mol. The number of piperidine rings is 1. The number of likely N-dealkylation sites (tertiary alicyclic amines) is 1. The van der Waals surface area contributed by atoms with E-state index in [0.29, 0.717) is 17.4 Å². The molecule has 1 unspecified atom stereocenters.